The Hall–Kier alpha value is -1.23. The van der Waals surface area contributed by atoms with Crippen molar-refractivity contribution in [3.8, 4) is 0 Å². The van der Waals surface area contributed by atoms with E-state index in [-0.39, 0.29) is 32.6 Å². The van der Waals surface area contributed by atoms with Gasteiger partial charge in [0.05, 0.1) is 13.2 Å². The summed E-state index contributed by atoms with van der Waals surface area (Å²) in [5.74, 6) is -1.95. The van der Waals surface area contributed by atoms with Crippen LogP contribution in [0.25, 0.3) is 0 Å². The minimum atomic E-state index is -3.97. The molecule has 0 bridgehead atoms. The van der Waals surface area contributed by atoms with Crippen LogP contribution in [-0.2, 0) is 29.3 Å². The molecule has 0 fully saturated rings. The molecule has 0 aliphatic heterocycles. The van der Waals surface area contributed by atoms with Gasteiger partial charge in [0.1, 0.15) is 6.04 Å². The number of aliphatic carboxylic acids is 1. The Balaban J connectivity index is 4.39. The van der Waals surface area contributed by atoms with Gasteiger partial charge in [-0.3, -0.25) is 9.59 Å². The molecule has 3 N–H and O–H groups in total. The zero-order valence-electron chi connectivity index (χ0n) is 11.4. The lowest BCUT2D eigenvalue weighted by Gasteiger charge is -2.14. The maximum Gasteiger partial charge on any atom is 0.321 e. The lowest BCUT2D eigenvalue weighted by molar-refractivity contribution is -0.144. The number of nitrogens with one attached hydrogen (secondary N) is 2. The predicted octanol–water partition coefficient (Wildman–Crippen LogP) is -1.15. The summed E-state index contributed by atoms with van der Waals surface area (Å²) in [6.07, 6.45) is -0.384. The molecule has 0 saturated carbocycles. The van der Waals surface area contributed by atoms with Crippen molar-refractivity contribution in [3.63, 3.8) is 0 Å². The van der Waals surface area contributed by atoms with E-state index >= 15 is 0 Å². The van der Waals surface area contributed by atoms with E-state index in [0.717, 1.165) is 0 Å². The second-order valence-corrected chi connectivity index (χ2v) is 5.27. The fourth-order valence-corrected chi connectivity index (χ4v) is 2.26. The highest BCUT2D eigenvalue weighted by Crippen LogP contribution is 2.01. The first-order valence-corrected chi connectivity index (χ1v) is 7.45. The summed E-state index contributed by atoms with van der Waals surface area (Å²) < 4.78 is 36.4. The van der Waals surface area contributed by atoms with Crippen LogP contribution in [0.1, 0.15) is 19.8 Å². The molecular weight excluding hydrogens is 292 g/mol. The van der Waals surface area contributed by atoms with Crippen LogP contribution >= 0.6 is 0 Å². The van der Waals surface area contributed by atoms with Crippen LogP contribution in [0.3, 0.4) is 0 Å². The van der Waals surface area contributed by atoms with Crippen LogP contribution in [0.5, 0.6) is 0 Å². The van der Waals surface area contributed by atoms with Gasteiger partial charge in [0.15, 0.2) is 0 Å². The molecule has 0 spiro atoms. The van der Waals surface area contributed by atoms with Crippen molar-refractivity contribution in [1.82, 2.24) is 9.44 Å². The van der Waals surface area contributed by atoms with E-state index in [2.05, 4.69) is 14.2 Å². The monoisotopic (exact) mass is 312 g/mol. The number of carbonyl (C=O) groups excluding carboxylic acids is 1. The van der Waals surface area contributed by atoms with E-state index in [4.69, 9.17) is 5.11 Å². The minimum absolute atomic E-state index is 0.00997. The number of methoxy groups -OCH3 is 1. The molecule has 0 rings (SSSR count). The average molecular weight is 312 g/mol. The molecule has 1 atom stereocenters. The van der Waals surface area contributed by atoms with Crippen molar-refractivity contribution >= 4 is 22.1 Å². The molecule has 0 aliphatic rings. The quantitative estimate of drug-likeness (QED) is 0.324. The third kappa shape index (κ3) is 8.80. The molecule has 10 heteroatoms. The molecule has 0 unspecified atom stereocenters. The van der Waals surface area contributed by atoms with E-state index < -0.39 is 28.2 Å². The molecular formula is C10H20N2O7S. The number of esters is 1. The van der Waals surface area contributed by atoms with Gasteiger partial charge >= 0.3 is 11.9 Å². The van der Waals surface area contributed by atoms with Crippen molar-refractivity contribution in [1.29, 1.82) is 0 Å². The van der Waals surface area contributed by atoms with Gasteiger partial charge in [0.2, 0.25) is 0 Å². The Labute approximate surface area is 117 Å². The van der Waals surface area contributed by atoms with Crippen molar-refractivity contribution < 1.29 is 32.6 Å². The van der Waals surface area contributed by atoms with Gasteiger partial charge in [-0.2, -0.15) is 17.9 Å². The van der Waals surface area contributed by atoms with Crippen molar-refractivity contribution in [2.45, 2.75) is 25.8 Å². The van der Waals surface area contributed by atoms with Crippen LogP contribution < -0.4 is 9.44 Å². The topological polar surface area (TPSA) is 131 Å². The van der Waals surface area contributed by atoms with Crippen molar-refractivity contribution in [2.24, 2.45) is 0 Å². The van der Waals surface area contributed by atoms with Gasteiger partial charge in [0, 0.05) is 20.1 Å². The summed E-state index contributed by atoms with van der Waals surface area (Å²) in [5, 5.41) is 8.92. The summed E-state index contributed by atoms with van der Waals surface area (Å²) in [7, 11) is -2.57. The number of carboxylic acids is 1. The van der Waals surface area contributed by atoms with Gasteiger partial charge in [-0.1, -0.05) is 0 Å². The highest BCUT2D eigenvalue weighted by Gasteiger charge is 2.24. The second-order valence-electron chi connectivity index (χ2n) is 3.74. The summed E-state index contributed by atoms with van der Waals surface area (Å²) in [6, 6.07) is -1.40. The lowest BCUT2D eigenvalue weighted by atomic mass is 10.2. The smallest absolute Gasteiger partial charge is 0.321 e. The second kappa shape index (κ2) is 9.64. The molecule has 0 radical (unpaired) electrons. The van der Waals surface area contributed by atoms with Crippen LogP contribution in [0.2, 0.25) is 0 Å². The molecule has 0 heterocycles. The van der Waals surface area contributed by atoms with Gasteiger partial charge in [0.25, 0.3) is 10.2 Å². The summed E-state index contributed by atoms with van der Waals surface area (Å²) >= 11 is 0. The van der Waals surface area contributed by atoms with Crippen molar-refractivity contribution in [2.75, 3.05) is 26.9 Å². The molecule has 0 aromatic heterocycles. The number of hydrogen-bond acceptors (Lipinski definition) is 6. The van der Waals surface area contributed by atoms with Crippen molar-refractivity contribution in [3.05, 3.63) is 0 Å². The molecule has 0 saturated heterocycles. The van der Waals surface area contributed by atoms with Gasteiger partial charge in [-0.05, 0) is 13.3 Å². The van der Waals surface area contributed by atoms with Crippen LogP contribution in [0.15, 0.2) is 0 Å². The average Bonchev–Trinajstić information content (AvgIpc) is 2.34. The molecule has 20 heavy (non-hydrogen) atoms. The first-order valence-electron chi connectivity index (χ1n) is 5.96. The molecule has 9 nitrogen and oxygen atoms in total. The summed E-state index contributed by atoms with van der Waals surface area (Å²) in [5.41, 5.74) is 0. The number of rotatable bonds is 11. The van der Waals surface area contributed by atoms with Gasteiger partial charge in [-0.15, -0.1) is 0 Å². The third-order valence-electron chi connectivity index (χ3n) is 2.14. The molecule has 0 aliphatic carbocycles. The van der Waals surface area contributed by atoms with E-state index in [1.165, 1.54) is 7.11 Å². The first-order chi connectivity index (χ1) is 9.32. The van der Waals surface area contributed by atoms with Crippen LogP contribution in [-0.4, -0.2) is 58.4 Å². The summed E-state index contributed by atoms with van der Waals surface area (Å²) in [4.78, 5) is 22.1. The highest BCUT2D eigenvalue weighted by atomic mass is 32.2. The normalized spacial score (nSPS) is 12.9. The van der Waals surface area contributed by atoms with Crippen LogP contribution in [0.4, 0.5) is 0 Å². The Morgan fingerprint density at radius 1 is 1.35 bits per heavy atom. The molecule has 0 amide bonds. The minimum Gasteiger partial charge on any atom is -0.480 e. The van der Waals surface area contributed by atoms with Gasteiger partial charge in [-0.25, -0.2) is 0 Å². The fraction of sp³-hybridized carbons (Fsp3) is 0.800. The van der Waals surface area contributed by atoms with Crippen LogP contribution in [0, 0.1) is 0 Å². The zero-order valence-corrected chi connectivity index (χ0v) is 12.2. The maximum atomic E-state index is 11.5. The largest absolute Gasteiger partial charge is 0.480 e. The number of carboxylic acid groups (broad SMARTS) is 1. The highest BCUT2D eigenvalue weighted by molar-refractivity contribution is 7.87. The lowest BCUT2D eigenvalue weighted by Crippen LogP contribution is -2.47. The molecule has 118 valence electrons. The third-order valence-corrected chi connectivity index (χ3v) is 3.32. The number of carbonyl (C=O) groups is 2. The molecule has 0 aromatic rings. The maximum absolute atomic E-state index is 11.5. The van der Waals surface area contributed by atoms with E-state index in [1.54, 1.807) is 6.92 Å². The standard InChI is InChI=1S/C10H20N2O7S/c1-3-19-9(13)5-4-8(10(14)15)12-20(16,17)11-6-7-18-2/h8,11-12H,3-7H2,1-2H3,(H,14,15)/t8-/m0/s1. The SMILES string of the molecule is CCOC(=O)CC[C@H](NS(=O)(=O)NCCOC)C(=O)O. The Morgan fingerprint density at radius 2 is 2.00 bits per heavy atom. The first kappa shape index (κ1) is 18.8. The Morgan fingerprint density at radius 3 is 2.50 bits per heavy atom. The van der Waals surface area contributed by atoms with E-state index in [1.807, 2.05) is 4.72 Å². The Kier molecular flexibility index (Phi) is 9.05. The van der Waals surface area contributed by atoms with E-state index in [9.17, 15) is 18.0 Å². The Bertz CT molecular complexity index is 410. The number of hydrogen-bond donors (Lipinski definition) is 3. The number of ether oxygens (including phenoxy) is 2. The van der Waals surface area contributed by atoms with Gasteiger partial charge < -0.3 is 14.6 Å². The fourth-order valence-electron chi connectivity index (χ4n) is 1.24. The zero-order chi connectivity index (χ0) is 15.6. The predicted molar refractivity (Wildman–Crippen MR) is 69.2 cm³/mol. The van der Waals surface area contributed by atoms with E-state index in [0.29, 0.717) is 0 Å². The summed E-state index contributed by atoms with van der Waals surface area (Å²) in [6.45, 7) is 1.97. The molecule has 0 aromatic carbocycles.